The van der Waals surface area contributed by atoms with Crippen LogP contribution in [0, 0.1) is 11.3 Å². The van der Waals surface area contributed by atoms with Gasteiger partial charge in [0, 0.05) is 23.7 Å². The van der Waals surface area contributed by atoms with Crippen molar-refractivity contribution in [2.45, 2.75) is 78.1 Å². The standard InChI is InChI=1S/C35H39N5O2S2/c1-3-5-7-9-11-25-12-15-29(16-13-25)42-34(41)27(24-36)22-30-23-32-33(43-30)37-35(44-32)39-38-28-14-17-31-26(21-28)18-20-40(31)19-10-8-6-4-2/h12-17,21-23H,3-11,18-20H2,1-2H3/b27-22+,39-38?. The van der Waals surface area contributed by atoms with Gasteiger partial charge in [-0.1, -0.05) is 75.8 Å². The molecule has 2 aromatic heterocycles. The molecule has 3 heterocycles. The molecular weight excluding hydrogens is 587 g/mol. The van der Waals surface area contributed by atoms with E-state index in [1.54, 1.807) is 18.2 Å². The van der Waals surface area contributed by atoms with E-state index in [9.17, 15) is 10.1 Å². The summed E-state index contributed by atoms with van der Waals surface area (Å²) in [5.74, 6) is -0.239. The average Bonchev–Trinajstić information content (AvgIpc) is 3.73. The highest BCUT2D eigenvalue weighted by atomic mass is 32.1. The second kappa shape index (κ2) is 15.7. The summed E-state index contributed by atoms with van der Waals surface area (Å²) in [5.41, 5.74) is 4.64. The number of thiazole rings is 1. The zero-order valence-electron chi connectivity index (χ0n) is 25.6. The van der Waals surface area contributed by atoms with Gasteiger partial charge in [-0.3, -0.25) is 0 Å². The number of benzene rings is 2. The van der Waals surface area contributed by atoms with Crippen LogP contribution < -0.4 is 9.64 Å². The maximum Gasteiger partial charge on any atom is 0.354 e. The van der Waals surface area contributed by atoms with Gasteiger partial charge in [-0.05, 0) is 79.3 Å². The minimum Gasteiger partial charge on any atom is -0.422 e. The fourth-order valence-electron chi connectivity index (χ4n) is 5.36. The summed E-state index contributed by atoms with van der Waals surface area (Å²) >= 11 is 2.84. The lowest BCUT2D eigenvalue weighted by molar-refractivity contribution is -0.129. The number of fused-ring (bicyclic) bond motifs is 2. The third-order valence-electron chi connectivity index (χ3n) is 7.76. The van der Waals surface area contributed by atoms with Crippen molar-refractivity contribution in [3.63, 3.8) is 0 Å². The van der Waals surface area contributed by atoms with Crippen LogP contribution in [0.4, 0.5) is 16.5 Å². The Balaban J connectivity index is 1.17. The van der Waals surface area contributed by atoms with Crippen LogP contribution in [0.25, 0.3) is 15.6 Å². The van der Waals surface area contributed by atoms with Gasteiger partial charge in [-0.15, -0.1) is 21.6 Å². The van der Waals surface area contributed by atoms with Crippen molar-refractivity contribution < 1.29 is 9.53 Å². The largest absolute Gasteiger partial charge is 0.422 e. The molecular formula is C35H39N5O2S2. The van der Waals surface area contributed by atoms with Crippen LogP contribution in [-0.2, 0) is 17.6 Å². The molecule has 0 atom stereocenters. The molecule has 1 aliphatic heterocycles. The van der Waals surface area contributed by atoms with Crippen molar-refractivity contribution >= 4 is 60.8 Å². The topological polar surface area (TPSA) is 90.9 Å². The van der Waals surface area contributed by atoms with E-state index in [0.717, 1.165) is 52.4 Å². The Morgan fingerprint density at radius 2 is 1.80 bits per heavy atom. The molecule has 0 unspecified atom stereocenters. The minimum atomic E-state index is -0.670. The number of carbonyl (C=O) groups excluding carboxylic acids is 1. The second-order valence-electron chi connectivity index (χ2n) is 11.1. The molecule has 0 fully saturated rings. The van der Waals surface area contributed by atoms with E-state index in [2.05, 4.69) is 46.1 Å². The summed E-state index contributed by atoms with van der Waals surface area (Å²) in [5, 5.41) is 19.1. The minimum absolute atomic E-state index is 0.0569. The summed E-state index contributed by atoms with van der Waals surface area (Å²) < 4.78 is 6.41. The zero-order chi connectivity index (χ0) is 30.7. The summed E-state index contributed by atoms with van der Waals surface area (Å²) in [7, 11) is 0. The molecule has 0 aliphatic carbocycles. The Labute approximate surface area is 267 Å². The lowest BCUT2D eigenvalue weighted by Crippen LogP contribution is -2.21. The van der Waals surface area contributed by atoms with Crippen molar-refractivity contribution in [3.05, 3.63) is 70.1 Å². The summed E-state index contributed by atoms with van der Waals surface area (Å²) in [6.07, 6.45) is 13.5. The van der Waals surface area contributed by atoms with Crippen molar-refractivity contribution in [3.8, 4) is 11.8 Å². The van der Waals surface area contributed by atoms with Crippen molar-refractivity contribution in [2.75, 3.05) is 18.0 Å². The first kappa shape index (κ1) is 31.6. The Bertz CT molecular complexity index is 1630. The number of unbranched alkanes of at least 4 members (excludes halogenated alkanes) is 6. The first-order chi connectivity index (χ1) is 21.6. The fraction of sp³-hybridized carbons (Fsp3) is 0.400. The van der Waals surface area contributed by atoms with Gasteiger partial charge in [0.05, 0.1) is 10.4 Å². The summed E-state index contributed by atoms with van der Waals surface area (Å²) in [6.45, 7) is 6.63. The van der Waals surface area contributed by atoms with Gasteiger partial charge >= 0.3 is 5.97 Å². The molecule has 0 spiro atoms. The molecule has 228 valence electrons. The maximum absolute atomic E-state index is 12.7. The summed E-state index contributed by atoms with van der Waals surface area (Å²) in [4.78, 5) is 21.4. The summed E-state index contributed by atoms with van der Waals surface area (Å²) in [6, 6.07) is 17.8. The molecule has 0 saturated carbocycles. The van der Waals surface area contributed by atoms with Crippen LogP contribution in [0.3, 0.4) is 0 Å². The van der Waals surface area contributed by atoms with E-state index in [1.807, 2.05) is 30.3 Å². The van der Waals surface area contributed by atoms with E-state index in [1.165, 1.54) is 84.4 Å². The third kappa shape index (κ3) is 8.40. The van der Waals surface area contributed by atoms with Crippen molar-refractivity contribution in [1.82, 2.24) is 4.98 Å². The molecule has 0 amide bonds. The van der Waals surface area contributed by atoms with Crippen molar-refractivity contribution in [1.29, 1.82) is 5.26 Å². The van der Waals surface area contributed by atoms with Gasteiger partial charge < -0.3 is 9.64 Å². The van der Waals surface area contributed by atoms with Crippen LogP contribution >= 0.6 is 22.7 Å². The molecule has 0 N–H and O–H groups in total. The quantitative estimate of drug-likeness (QED) is 0.0327. The molecule has 4 aromatic rings. The van der Waals surface area contributed by atoms with Crippen LogP contribution in [0.2, 0.25) is 0 Å². The SMILES string of the molecule is CCCCCCc1ccc(OC(=O)/C(C#N)=C/c2cc3sc(N=Nc4ccc5c(c4)CCN5CCCCCC)nc3s2)cc1. The predicted molar refractivity (Wildman–Crippen MR) is 182 cm³/mol. The Hall–Kier alpha value is -3.87. The van der Waals surface area contributed by atoms with E-state index in [-0.39, 0.29) is 5.57 Å². The lowest BCUT2D eigenvalue weighted by Gasteiger charge is -2.19. The van der Waals surface area contributed by atoms with E-state index in [0.29, 0.717) is 10.9 Å². The van der Waals surface area contributed by atoms with Gasteiger partial charge in [0.1, 0.15) is 22.2 Å². The number of ether oxygens (including phenoxy) is 1. The number of nitrogens with zero attached hydrogens (tertiary/aromatic N) is 5. The molecule has 44 heavy (non-hydrogen) atoms. The molecule has 0 bridgehead atoms. The Kier molecular flexibility index (Phi) is 11.3. The third-order valence-corrected chi connectivity index (χ3v) is 9.76. The number of azo groups is 1. The lowest BCUT2D eigenvalue weighted by atomic mass is 10.1. The number of anilines is 1. The fourth-order valence-corrected chi connectivity index (χ4v) is 7.34. The molecule has 9 heteroatoms. The maximum atomic E-state index is 12.7. The number of nitriles is 1. The highest BCUT2D eigenvalue weighted by molar-refractivity contribution is 7.29. The van der Waals surface area contributed by atoms with Gasteiger partial charge in [0.15, 0.2) is 0 Å². The number of hydrogen-bond acceptors (Lipinski definition) is 9. The van der Waals surface area contributed by atoms with Gasteiger partial charge in [-0.25, -0.2) is 9.78 Å². The Morgan fingerprint density at radius 1 is 1.00 bits per heavy atom. The number of esters is 1. The van der Waals surface area contributed by atoms with E-state index in [4.69, 9.17) is 4.74 Å². The molecule has 2 aromatic carbocycles. The highest BCUT2D eigenvalue weighted by Crippen LogP contribution is 2.37. The monoisotopic (exact) mass is 625 g/mol. The number of aryl methyl sites for hydroxylation is 1. The molecule has 5 rings (SSSR count). The van der Waals surface area contributed by atoms with Gasteiger partial charge in [-0.2, -0.15) is 5.26 Å². The first-order valence-corrected chi connectivity index (χ1v) is 17.3. The predicted octanol–water partition coefficient (Wildman–Crippen LogP) is 10.4. The average molecular weight is 626 g/mol. The van der Waals surface area contributed by atoms with Crippen LogP contribution in [0.1, 0.15) is 81.2 Å². The van der Waals surface area contributed by atoms with E-state index < -0.39 is 5.97 Å². The Morgan fingerprint density at radius 3 is 2.55 bits per heavy atom. The van der Waals surface area contributed by atoms with Crippen molar-refractivity contribution in [2.24, 2.45) is 10.2 Å². The van der Waals surface area contributed by atoms with Crippen LogP contribution in [0.15, 0.2) is 64.3 Å². The van der Waals surface area contributed by atoms with Gasteiger partial charge in [0.2, 0.25) is 5.13 Å². The van der Waals surface area contributed by atoms with Crippen LogP contribution in [-0.4, -0.2) is 24.0 Å². The normalized spacial score (nSPS) is 13.1. The molecule has 1 aliphatic rings. The second-order valence-corrected chi connectivity index (χ2v) is 13.2. The number of carbonyl (C=O) groups is 1. The van der Waals surface area contributed by atoms with E-state index >= 15 is 0 Å². The zero-order valence-corrected chi connectivity index (χ0v) is 27.2. The number of hydrogen-bond donors (Lipinski definition) is 0. The molecule has 7 nitrogen and oxygen atoms in total. The number of aromatic nitrogens is 1. The van der Waals surface area contributed by atoms with Crippen LogP contribution in [0.5, 0.6) is 5.75 Å². The smallest absolute Gasteiger partial charge is 0.354 e. The number of rotatable bonds is 15. The first-order valence-electron chi connectivity index (χ1n) is 15.7. The molecule has 0 saturated heterocycles. The highest BCUT2D eigenvalue weighted by Gasteiger charge is 2.19. The molecule has 0 radical (unpaired) electrons. The van der Waals surface area contributed by atoms with Gasteiger partial charge in [0.25, 0.3) is 0 Å². The number of thiophene rings is 1.